The highest BCUT2D eigenvalue weighted by Gasteiger charge is 2.20. The predicted octanol–water partition coefficient (Wildman–Crippen LogP) is 3.18. The summed E-state index contributed by atoms with van der Waals surface area (Å²) in [5.41, 5.74) is -0.313. The second-order valence-corrected chi connectivity index (χ2v) is 9.56. The van der Waals surface area contributed by atoms with Gasteiger partial charge in [-0.25, -0.2) is 0 Å². The largest absolute Gasteiger partial charge is 0.379 e. The van der Waals surface area contributed by atoms with Crippen molar-refractivity contribution in [3.63, 3.8) is 0 Å². The minimum absolute atomic E-state index is 0.137. The SMILES string of the molecule is O=[N+]([O-])c1ccc(S(=O)(=O)OCc2cccc(OS(=O)(=O)c3ccc([N+](=O)[O-])cc3)c2)cc1. The second kappa shape index (κ2) is 9.32. The smallest absolute Gasteiger partial charge is 0.339 e. The van der Waals surface area contributed by atoms with Gasteiger partial charge in [-0.2, -0.15) is 16.8 Å². The fourth-order valence-corrected chi connectivity index (χ4v) is 4.36. The van der Waals surface area contributed by atoms with Crippen LogP contribution in [0, 0.1) is 20.2 Å². The summed E-state index contributed by atoms with van der Waals surface area (Å²) in [6.07, 6.45) is 0. The molecule has 0 aromatic heterocycles. The Morgan fingerprint density at radius 1 is 0.697 bits per heavy atom. The van der Waals surface area contributed by atoms with Crippen molar-refractivity contribution in [2.45, 2.75) is 16.4 Å². The van der Waals surface area contributed by atoms with Crippen molar-refractivity contribution in [1.29, 1.82) is 0 Å². The summed E-state index contributed by atoms with van der Waals surface area (Å²) in [5, 5.41) is 21.4. The van der Waals surface area contributed by atoms with Crippen molar-refractivity contribution in [2.75, 3.05) is 0 Å². The third-order valence-corrected chi connectivity index (χ3v) is 6.70. The maximum atomic E-state index is 12.4. The Morgan fingerprint density at radius 2 is 1.18 bits per heavy atom. The van der Waals surface area contributed by atoms with E-state index in [-0.39, 0.29) is 32.5 Å². The van der Waals surface area contributed by atoms with Crippen LogP contribution in [-0.2, 0) is 31.0 Å². The number of rotatable bonds is 9. The van der Waals surface area contributed by atoms with Gasteiger partial charge in [-0.15, -0.1) is 0 Å². The van der Waals surface area contributed by atoms with Gasteiger partial charge in [-0.3, -0.25) is 24.4 Å². The molecule has 0 radical (unpaired) electrons. The summed E-state index contributed by atoms with van der Waals surface area (Å²) in [4.78, 5) is 19.4. The Labute approximate surface area is 187 Å². The molecule has 0 aliphatic carbocycles. The van der Waals surface area contributed by atoms with E-state index in [9.17, 15) is 37.1 Å². The van der Waals surface area contributed by atoms with Crippen LogP contribution in [0.25, 0.3) is 0 Å². The maximum absolute atomic E-state index is 12.4. The zero-order valence-corrected chi connectivity index (χ0v) is 18.1. The van der Waals surface area contributed by atoms with Crippen LogP contribution in [0.2, 0.25) is 0 Å². The summed E-state index contributed by atoms with van der Waals surface area (Å²) in [7, 11) is -8.55. The highest BCUT2D eigenvalue weighted by atomic mass is 32.2. The van der Waals surface area contributed by atoms with Crippen LogP contribution in [0.4, 0.5) is 11.4 Å². The molecular weight excluding hydrogens is 480 g/mol. The van der Waals surface area contributed by atoms with Gasteiger partial charge in [0, 0.05) is 24.3 Å². The topological polar surface area (TPSA) is 173 Å². The zero-order valence-electron chi connectivity index (χ0n) is 16.4. The molecule has 33 heavy (non-hydrogen) atoms. The average Bonchev–Trinajstić information content (AvgIpc) is 2.78. The highest BCUT2D eigenvalue weighted by Crippen LogP contribution is 2.23. The van der Waals surface area contributed by atoms with Crippen LogP contribution in [0.1, 0.15) is 5.56 Å². The van der Waals surface area contributed by atoms with E-state index in [1.165, 1.54) is 24.3 Å². The van der Waals surface area contributed by atoms with Crippen molar-refractivity contribution in [2.24, 2.45) is 0 Å². The Bertz CT molecular complexity index is 1400. The number of hydrogen-bond donors (Lipinski definition) is 0. The molecule has 0 aliphatic heterocycles. The van der Waals surface area contributed by atoms with Crippen LogP contribution < -0.4 is 4.18 Å². The maximum Gasteiger partial charge on any atom is 0.339 e. The summed E-state index contributed by atoms with van der Waals surface area (Å²) in [6.45, 7) is -0.464. The van der Waals surface area contributed by atoms with Gasteiger partial charge in [0.2, 0.25) is 0 Å². The van der Waals surface area contributed by atoms with Crippen LogP contribution >= 0.6 is 0 Å². The minimum Gasteiger partial charge on any atom is -0.379 e. The van der Waals surface area contributed by atoms with E-state index >= 15 is 0 Å². The van der Waals surface area contributed by atoms with E-state index in [4.69, 9.17) is 8.37 Å². The molecule has 0 bridgehead atoms. The summed E-state index contributed by atoms with van der Waals surface area (Å²) < 4.78 is 59.4. The van der Waals surface area contributed by atoms with Crippen molar-refractivity contribution in [3.8, 4) is 5.75 Å². The van der Waals surface area contributed by atoms with E-state index in [2.05, 4.69) is 0 Å². The van der Waals surface area contributed by atoms with E-state index in [0.717, 1.165) is 48.5 Å². The summed E-state index contributed by atoms with van der Waals surface area (Å²) >= 11 is 0. The molecule has 172 valence electrons. The molecule has 12 nitrogen and oxygen atoms in total. The molecule has 0 amide bonds. The van der Waals surface area contributed by atoms with Gasteiger partial charge in [0.25, 0.3) is 21.5 Å². The third-order valence-electron chi connectivity index (χ3n) is 4.16. The first kappa shape index (κ1) is 23.8. The molecule has 0 atom stereocenters. The number of nitro groups is 2. The summed E-state index contributed by atoms with van der Waals surface area (Å²) in [5.74, 6) is -0.137. The van der Waals surface area contributed by atoms with E-state index < -0.39 is 36.7 Å². The second-order valence-electron chi connectivity index (χ2n) is 6.40. The quantitative estimate of drug-likeness (QED) is 0.244. The number of benzene rings is 3. The van der Waals surface area contributed by atoms with Crippen LogP contribution in [-0.4, -0.2) is 26.7 Å². The fourth-order valence-electron chi connectivity index (χ4n) is 2.54. The first-order valence-corrected chi connectivity index (χ1v) is 11.7. The molecule has 3 aromatic carbocycles. The lowest BCUT2D eigenvalue weighted by Gasteiger charge is -2.09. The number of nitro benzene ring substituents is 2. The Balaban J connectivity index is 1.71. The van der Waals surface area contributed by atoms with Gasteiger partial charge in [0.05, 0.1) is 21.3 Å². The molecule has 0 heterocycles. The van der Waals surface area contributed by atoms with Crippen molar-refractivity contribution in [1.82, 2.24) is 0 Å². The molecule has 0 saturated carbocycles. The minimum atomic E-state index is -4.31. The van der Waals surface area contributed by atoms with Gasteiger partial charge in [-0.1, -0.05) is 12.1 Å². The average molecular weight is 494 g/mol. The number of nitrogens with zero attached hydrogens (tertiary/aromatic N) is 2. The Hall–Kier alpha value is -3.88. The van der Waals surface area contributed by atoms with E-state index in [1.54, 1.807) is 0 Å². The van der Waals surface area contributed by atoms with Gasteiger partial charge in [-0.05, 0) is 42.0 Å². The van der Waals surface area contributed by atoms with Gasteiger partial charge in [0.1, 0.15) is 10.6 Å². The molecule has 0 N–H and O–H groups in total. The predicted molar refractivity (Wildman–Crippen MR) is 112 cm³/mol. The lowest BCUT2D eigenvalue weighted by molar-refractivity contribution is -0.385. The molecule has 0 aliphatic rings. The van der Waals surface area contributed by atoms with Crippen LogP contribution in [0.3, 0.4) is 0 Å². The fraction of sp³-hybridized carbons (Fsp3) is 0.0526. The van der Waals surface area contributed by atoms with E-state index in [0.29, 0.717) is 0 Å². The number of non-ortho nitro benzene ring substituents is 2. The first-order chi connectivity index (χ1) is 15.5. The van der Waals surface area contributed by atoms with Gasteiger partial charge >= 0.3 is 10.1 Å². The molecule has 0 unspecified atom stereocenters. The Morgan fingerprint density at radius 3 is 1.67 bits per heavy atom. The lowest BCUT2D eigenvalue weighted by atomic mass is 10.2. The van der Waals surface area contributed by atoms with Crippen molar-refractivity contribution >= 4 is 31.6 Å². The summed E-state index contributed by atoms with van der Waals surface area (Å²) in [6, 6.07) is 13.6. The van der Waals surface area contributed by atoms with Gasteiger partial charge < -0.3 is 4.18 Å². The number of hydrogen-bond acceptors (Lipinski definition) is 10. The third kappa shape index (κ3) is 5.88. The first-order valence-electron chi connectivity index (χ1n) is 8.90. The molecule has 14 heteroatoms. The zero-order chi connectivity index (χ0) is 24.2. The van der Waals surface area contributed by atoms with Crippen LogP contribution in [0.15, 0.2) is 82.6 Å². The van der Waals surface area contributed by atoms with Crippen molar-refractivity contribution < 1.29 is 35.0 Å². The Kier molecular flexibility index (Phi) is 6.71. The molecular formula is C19H14N2O10S2. The molecule has 0 spiro atoms. The molecule has 3 rings (SSSR count). The standard InChI is InChI=1S/C19H14N2O10S2/c22-20(23)15-4-8-18(9-5-15)32(26,27)30-13-14-2-1-3-17(12-14)31-33(28,29)19-10-6-16(7-11-19)21(24)25/h1-12H,13H2. The molecule has 0 saturated heterocycles. The molecule has 3 aromatic rings. The van der Waals surface area contributed by atoms with E-state index in [1.807, 2.05) is 0 Å². The molecule has 0 fully saturated rings. The monoisotopic (exact) mass is 494 g/mol. The van der Waals surface area contributed by atoms with Crippen molar-refractivity contribution in [3.05, 3.63) is 98.6 Å². The van der Waals surface area contributed by atoms with Gasteiger partial charge in [0.15, 0.2) is 0 Å². The van der Waals surface area contributed by atoms with Crippen LogP contribution in [0.5, 0.6) is 5.75 Å². The highest BCUT2D eigenvalue weighted by molar-refractivity contribution is 7.87. The normalized spacial score (nSPS) is 11.6. The lowest BCUT2D eigenvalue weighted by Crippen LogP contribution is -2.10.